The van der Waals surface area contributed by atoms with Gasteiger partial charge >= 0.3 is 6.03 Å². The highest BCUT2D eigenvalue weighted by atomic mass is 16.2. The molecule has 1 aromatic heterocycles. The van der Waals surface area contributed by atoms with Crippen molar-refractivity contribution >= 4 is 23.7 Å². The number of nitrogens with zero attached hydrogens (tertiary/aromatic N) is 3. The number of carbonyl (C=O) groups excluding carboxylic acids is 3. The number of hydrogen-bond donors (Lipinski definition) is 2. The molecule has 0 bridgehead atoms. The van der Waals surface area contributed by atoms with Gasteiger partial charge in [-0.1, -0.05) is 6.07 Å². The highest BCUT2D eigenvalue weighted by Gasteiger charge is 2.56. The second kappa shape index (κ2) is 6.72. The number of benzene rings is 1. The van der Waals surface area contributed by atoms with Crippen LogP contribution >= 0.6 is 0 Å². The Bertz CT molecular complexity index is 1000. The predicted octanol–water partition coefficient (Wildman–Crippen LogP) is 2.46. The standard InChI is InChI=1S/C21H25N5O3/c1-12-7-13(2)9-16(8-12)26-17(10-14(3)24-26)22-18(27)11-25-19(28)21(4,15-5-6-15)23-20(25)29/h7-10,15H,5-6,11H2,1-4H3,(H,22,27)(H,23,29). The molecule has 1 atom stereocenters. The van der Waals surface area contributed by atoms with Gasteiger partial charge in [-0.2, -0.15) is 5.10 Å². The number of nitrogens with one attached hydrogen (secondary N) is 2. The topological polar surface area (TPSA) is 96.3 Å². The predicted molar refractivity (Wildman–Crippen MR) is 108 cm³/mol. The van der Waals surface area contributed by atoms with Crippen molar-refractivity contribution in [2.24, 2.45) is 5.92 Å². The van der Waals surface area contributed by atoms with Crippen molar-refractivity contribution < 1.29 is 14.4 Å². The summed E-state index contributed by atoms with van der Waals surface area (Å²) in [7, 11) is 0. The first-order valence-corrected chi connectivity index (χ1v) is 9.76. The van der Waals surface area contributed by atoms with E-state index in [4.69, 9.17) is 0 Å². The fourth-order valence-corrected chi connectivity index (χ4v) is 3.98. The number of rotatable bonds is 5. The Balaban J connectivity index is 1.52. The van der Waals surface area contributed by atoms with Gasteiger partial charge in [0.2, 0.25) is 5.91 Å². The summed E-state index contributed by atoms with van der Waals surface area (Å²) < 4.78 is 1.66. The van der Waals surface area contributed by atoms with Gasteiger partial charge in [0.05, 0.1) is 11.4 Å². The average molecular weight is 395 g/mol. The minimum Gasteiger partial charge on any atom is -0.323 e. The van der Waals surface area contributed by atoms with Crippen LogP contribution in [0.4, 0.5) is 10.6 Å². The molecule has 4 amide bonds. The Hall–Kier alpha value is -3.16. The number of anilines is 1. The minimum absolute atomic E-state index is 0.153. The van der Waals surface area contributed by atoms with E-state index in [0.717, 1.165) is 40.2 Å². The highest BCUT2D eigenvalue weighted by Crippen LogP contribution is 2.42. The number of urea groups is 1. The molecule has 0 spiro atoms. The van der Waals surface area contributed by atoms with Crippen LogP contribution in [0.5, 0.6) is 0 Å². The van der Waals surface area contributed by atoms with E-state index in [0.29, 0.717) is 5.82 Å². The molecule has 1 aromatic carbocycles. The van der Waals surface area contributed by atoms with Gasteiger partial charge in [0.25, 0.3) is 5.91 Å². The number of amides is 4. The molecule has 1 aliphatic heterocycles. The molecule has 2 heterocycles. The van der Waals surface area contributed by atoms with E-state index in [-0.39, 0.29) is 18.4 Å². The van der Waals surface area contributed by atoms with Gasteiger partial charge in [0.1, 0.15) is 17.9 Å². The summed E-state index contributed by atoms with van der Waals surface area (Å²) >= 11 is 0. The number of imide groups is 1. The first-order chi connectivity index (χ1) is 13.7. The molecular weight excluding hydrogens is 370 g/mol. The molecule has 29 heavy (non-hydrogen) atoms. The zero-order chi connectivity index (χ0) is 20.9. The van der Waals surface area contributed by atoms with Crippen molar-refractivity contribution in [1.29, 1.82) is 0 Å². The summed E-state index contributed by atoms with van der Waals surface area (Å²) in [6.07, 6.45) is 1.83. The lowest BCUT2D eigenvalue weighted by molar-refractivity contribution is -0.134. The van der Waals surface area contributed by atoms with Crippen LogP contribution in [0, 0.1) is 26.7 Å². The summed E-state index contributed by atoms with van der Waals surface area (Å²) in [4.78, 5) is 38.7. The summed E-state index contributed by atoms with van der Waals surface area (Å²) in [6.45, 7) is 7.25. The van der Waals surface area contributed by atoms with Crippen LogP contribution < -0.4 is 10.6 Å². The molecule has 152 valence electrons. The Morgan fingerprint density at radius 1 is 1.17 bits per heavy atom. The van der Waals surface area contributed by atoms with Gasteiger partial charge in [0, 0.05) is 6.07 Å². The van der Waals surface area contributed by atoms with E-state index in [9.17, 15) is 14.4 Å². The van der Waals surface area contributed by atoms with Gasteiger partial charge in [0.15, 0.2) is 0 Å². The van der Waals surface area contributed by atoms with Crippen molar-refractivity contribution in [3.05, 3.63) is 41.1 Å². The van der Waals surface area contributed by atoms with E-state index < -0.39 is 17.5 Å². The third-order valence-corrected chi connectivity index (χ3v) is 5.55. The second-order valence-corrected chi connectivity index (χ2v) is 8.27. The maximum atomic E-state index is 12.7. The van der Waals surface area contributed by atoms with E-state index in [1.54, 1.807) is 17.7 Å². The van der Waals surface area contributed by atoms with E-state index in [2.05, 4.69) is 21.8 Å². The van der Waals surface area contributed by atoms with Gasteiger partial charge < -0.3 is 10.6 Å². The molecule has 8 nitrogen and oxygen atoms in total. The molecule has 1 saturated carbocycles. The lowest BCUT2D eigenvalue weighted by atomic mass is 9.96. The summed E-state index contributed by atoms with van der Waals surface area (Å²) in [5, 5.41) is 10.0. The van der Waals surface area contributed by atoms with Crippen LogP contribution in [0.25, 0.3) is 5.69 Å². The van der Waals surface area contributed by atoms with Crippen molar-refractivity contribution in [1.82, 2.24) is 20.0 Å². The van der Waals surface area contributed by atoms with Crippen LogP contribution in [0.2, 0.25) is 0 Å². The fraction of sp³-hybridized carbons (Fsp3) is 0.429. The van der Waals surface area contributed by atoms with Crippen LogP contribution in [0.1, 0.15) is 36.6 Å². The molecule has 0 radical (unpaired) electrons. The van der Waals surface area contributed by atoms with Crippen molar-refractivity contribution in [3.63, 3.8) is 0 Å². The first-order valence-electron chi connectivity index (χ1n) is 9.76. The average Bonchev–Trinajstić information content (AvgIpc) is 3.38. The molecule has 2 aliphatic rings. The van der Waals surface area contributed by atoms with E-state index in [1.807, 2.05) is 32.9 Å². The quantitative estimate of drug-likeness (QED) is 0.760. The van der Waals surface area contributed by atoms with E-state index >= 15 is 0 Å². The van der Waals surface area contributed by atoms with Gasteiger partial charge in [-0.25, -0.2) is 9.48 Å². The van der Waals surface area contributed by atoms with E-state index in [1.165, 1.54) is 0 Å². The Morgan fingerprint density at radius 3 is 2.45 bits per heavy atom. The summed E-state index contributed by atoms with van der Waals surface area (Å²) in [6, 6.07) is 7.27. The zero-order valence-electron chi connectivity index (χ0n) is 17.1. The molecule has 8 heteroatoms. The minimum atomic E-state index is -0.894. The van der Waals surface area contributed by atoms with Gasteiger partial charge in [-0.3, -0.25) is 14.5 Å². The van der Waals surface area contributed by atoms with Crippen molar-refractivity contribution in [2.45, 2.75) is 46.1 Å². The van der Waals surface area contributed by atoms with Crippen LogP contribution in [-0.2, 0) is 9.59 Å². The van der Waals surface area contributed by atoms with Gasteiger partial charge in [-0.05, 0) is 69.7 Å². The number of aryl methyl sites for hydroxylation is 3. The number of hydrogen-bond acceptors (Lipinski definition) is 4. The second-order valence-electron chi connectivity index (χ2n) is 8.27. The maximum absolute atomic E-state index is 12.7. The molecular formula is C21H25N5O3. The lowest BCUT2D eigenvalue weighted by Crippen LogP contribution is -2.46. The van der Waals surface area contributed by atoms with Crippen LogP contribution in [-0.4, -0.2) is 44.6 Å². The molecule has 2 fully saturated rings. The Kier molecular flexibility index (Phi) is 4.44. The molecule has 1 aliphatic carbocycles. The van der Waals surface area contributed by atoms with Crippen molar-refractivity contribution in [2.75, 3.05) is 11.9 Å². The fourth-order valence-electron chi connectivity index (χ4n) is 3.98. The Morgan fingerprint density at radius 2 is 1.83 bits per heavy atom. The molecule has 1 unspecified atom stereocenters. The largest absolute Gasteiger partial charge is 0.325 e. The molecule has 2 aromatic rings. The Labute approximate surface area is 169 Å². The summed E-state index contributed by atoms with van der Waals surface area (Å²) in [5.41, 5.74) is 2.86. The maximum Gasteiger partial charge on any atom is 0.325 e. The smallest absolute Gasteiger partial charge is 0.323 e. The molecule has 1 saturated heterocycles. The molecule has 2 N–H and O–H groups in total. The number of carbonyl (C=O) groups is 3. The first kappa shape index (κ1) is 19.2. The molecule has 4 rings (SSSR count). The van der Waals surface area contributed by atoms with Crippen LogP contribution in [0.15, 0.2) is 24.3 Å². The van der Waals surface area contributed by atoms with Crippen molar-refractivity contribution in [3.8, 4) is 5.69 Å². The normalized spacial score (nSPS) is 21.4. The zero-order valence-corrected chi connectivity index (χ0v) is 17.1. The lowest BCUT2D eigenvalue weighted by Gasteiger charge is -2.20. The van der Waals surface area contributed by atoms with Crippen LogP contribution in [0.3, 0.4) is 0 Å². The monoisotopic (exact) mass is 395 g/mol. The third-order valence-electron chi connectivity index (χ3n) is 5.55. The van der Waals surface area contributed by atoms with Gasteiger partial charge in [-0.15, -0.1) is 0 Å². The SMILES string of the molecule is Cc1cc(C)cc(-n2nc(C)cc2NC(=O)CN2C(=O)NC(C)(C3CC3)C2=O)c1. The summed E-state index contributed by atoms with van der Waals surface area (Å²) in [5.74, 6) is -0.131. The third kappa shape index (κ3) is 3.50. The number of aromatic nitrogens is 2. The highest BCUT2D eigenvalue weighted by molar-refractivity contribution is 6.10.